The van der Waals surface area contributed by atoms with Crippen molar-refractivity contribution in [3.63, 3.8) is 0 Å². The minimum absolute atomic E-state index is 0.220. The van der Waals surface area contributed by atoms with Gasteiger partial charge in [0, 0.05) is 19.5 Å². The van der Waals surface area contributed by atoms with Crippen molar-refractivity contribution in [1.82, 2.24) is 4.90 Å². The van der Waals surface area contributed by atoms with Crippen LogP contribution in [0.4, 0.5) is 0 Å². The number of likely N-dealkylation sites (tertiary alicyclic amines) is 1. The van der Waals surface area contributed by atoms with Crippen LogP contribution in [0.1, 0.15) is 45.4 Å². The van der Waals surface area contributed by atoms with Crippen molar-refractivity contribution in [2.75, 3.05) is 24.6 Å². The summed E-state index contributed by atoms with van der Waals surface area (Å²) < 4.78 is 0. The van der Waals surface area contributed by atoms with Crippen LogP contribution >= 0.6 is 11.8 Å². The van der Waals surface area contributed by atoms with E-state index >= 15 is 0 Å². The summed E-state index contributed by atoms with van der Waals surface area (Å²) in [6, 6.07) is 0. The van der Waals surface area contributed by atoms with E-state index in [0.29, 0.717) is 18.1 Å². The number of carbonyl (C=O) groups is 2. The summed E-state index contributed by atoms with van der Waals surface area (Å²) in [5.41, 5.74) is 0. The summed E-state index contributed by atoms with van der Waals surface area (Å²) in [4.78, 5) is 24.5. The molecule has 1 N–H and O–H groups in total. The molecule has 1 atom stereocenters. The Morgan fingerprint density at radius 1 is 1.42 bits per heavy atom. The van der Waals surface area contributed by atoms with E-state index in [1.165, 1.54) is 12.8 Å². The molecule has 1 aliphatic rings. The van der Waals surface area contributed by atoms with Crippen molar-refractivity contribution >= 4 is 23.6 Å². The first-order valence-corrected chi connectivity index (χ1v) is 8.36. The van der Waals surface area contributed by atoms with E-state index < -0.39 is 5.97 Å². The van der Waals surface area contributed by atoms with Gasteiger partial charge in [0.05, 0.1) is 5.75 Å². The normalized spacial score (nSPS) is 19.4. The molecule has 0 aromatic carbocycles. The van der Waals surface area contributed by atoms with Gasteiger partial charge in [-0.1, -0.05) is 13.3 Å². The molecular formula is C14H25NO3S. The van der Waals surface area contributed by atoms with Gasteiger partial charge >= 0.3 is 5.97 Å². The lowest BCUT2D eigenvalue weighted by Gasteiger charge is -2.32. The zero-order chi connectivity index (χ0) is 14.1. The second kappa shape index (κ2) is 9.23. The fourth-order valence-corrected chi connectivity index (χ4v) is 3.35. The van der Waals surface area contributed by atoms with E-state index in [-0.39, 0.29) is 12.3 Å². The summed E-state index contributed by atoms with van der Waals surface area (Å²) in [5.74, 6) is 1.48. The largest absolute Gasteiger partial charge is 0.481 e. The van der Waals surface area contributed by atoms with Crippen LogP contribution in [0.15, 0.2) is 0 Å². The van der Waals surface area contributed by atoms with Crippen LogP contribution in [0.3, 0.4) is 0 Å². The van der Waals surface area contributed by atoms with Crippen molar-refractivity contribution in [2.24, 2.45) is 5.92 Å². The molecule has 4 nitrogen and oxygen atoms in total. The smallest absolute Gasteiger partial charge is 0.303 e. The second-order valence-electron chi connectivity index (χ2n) is 5.19. The quantitative estimate of drug-likeness (QED) is 0.697. The Balaban J connectivity index is 2.24. The molecule has 5 heteroatoms. The average molecular weight is 287 g/mol. The van der Waals surface area contributed by atoms with E-state index in [1.807, 2.05) is 4.90 Å². The lowest BCUT2D eigenvalue weighted by Crippen LogP contribution is -2.41. The van der Waals surface area contributed by atoms with Gasteiger partial charge in [-0.05, 0) is 37.4 Å². The predicted octanol–water partition coefficient (Wildman–Crippen LogP) is 2.62. The third kappa shape index (κ3) is 6.85. The first kappa shape index (κ1) is 16.3. The van der Waals surface area contributed by atoms with Gasteiger partial charge in [-0.15, -0.1) is 0 Å². The Labute approximate surface area is 119 Å². The fraction of sp³-hybridized carbons (Fsp3) is 0.857. The number of amides is 1. The molecule has 19 heavy (non-hydrogen) atoms. The standard InChI is InChI=1S/C14H25NO3S/c1-2-3-9-19-11-13(16)15-8-4-5-12(10-15)6-7-14(17)18/h12H,2-11H2,1H3,(H,17,18). The van der Waals surface area contributed by atoms with E-state index in [4.69, 9.17) is 5.11 Å². The molecule has 0 radical (unpaired) electrons. The Morgan fingerprint density at radius 2 is 2.21 bits per heavy atom. The zero-order valence-corrected chi connectivity index (χ0v) is 12.6. The van der Waals surface area contributed by atoms with Crippen LogP contribution in [-0.2, 0) is 9.59 Å². The highest BCUT2D eigenvalue weighted by molar-refractivity contribution is 7.99. The number of carboxylic acid groups (broad SMARTS) is 1. The third-order valence-electron chi connectivity index (χ3n) is 3.51. The molecule has 1 heterocycles. The Hall–Kier alpha value is -0.710. The van der Waals surface area contributed by atoms with Gasteiger partial charge in [-0.25, -0.2) is 0 Å². The number of aliphatic carboxylic acids is 1. The van der Waals surface area contributed by atoms with Gasteiger partial charge < -0.3 is 10.0 Å². The van der Waals surface area contributed by atoms with E-state index in [0.717, 1.165) is 31.7 Å². The highest BCUT2D eigenvalue weighted by Gasteiger charge is 2.23. The Morgan fingerprint density at radius 3 is 2.89 bits per heavy atom. The number of carboxylic acids is 1. The molecule has 0 aromatic heterocycles. The van der Waals surface area contributed by atoms with Crippen molar-refractivity contribution in [3.8, 4) is 0 Å². The molecule has 0 bridgehead atoms. The lowest BCUT2D eigenvalue weighted by molar-refractivity contribution is -0.137. The number of hydrogen-bond donors (Lipinski definition) is 1. The van der Waals surface area contributed by atoms with Gasteiger partial charge in [0.15, 0.2) is 0 Å². The van der Waals surface area contributed by atoms with E-state index in [2.05, 4.69) is 6.92 Å². The first-order chi connectivity index (χ1) is 9.13. The number of piperidine rings is 1. The molecule has 1 unspecified atom stereocenters. The Bertz CT molecular complexity index is 296. The number of thioether (sulfide) groups is 1. The minimum atomic E-state index is -0.737. The monoisotopic (exact) mass is 287 g/mol. The van der Waals surface area contributed by atoms with Gasteiger partial charge in [-0.2, -0.15) is 11.8 Å². The highest BCUT2D eigenvalue weighted by atomic mass is 32.2. The van der Waals surface area contributed by atoms with Crippen LogP contribution in [0.5, 0.6) is 0 Å². The van der Waals surface area contributed by atoms with Crippen molar-refractivity contribution in [2.45, 2.75) is 45.4 Å². The number of carbonyl (C=O) groups excluding carboxylic acids is 1. The van der Waals surface area contributed by atoms with Crippen LogP contribution in [-0.4, -0.2) is 46.5 Å². The van der Waals surface area contributed by atoms with Crippen molar-refractivity contribution < 1.29 is 14.7 Å². The molecule has 1 fully saturated rings. The van der Waals surface area contributed by atoms with E-state index in [1.54, 1.807) is 11.8 Å². The predicted molar refractivity (Wildman–Crippen MR) is 78.4 cm³/mol. The summed E-state index contributed by atoms with van der Waals surface area (Å²) in [7, 11) is 0. The SMILES string of the molecule is CCCCSCC(=O)N1CCCC(CCC(=O)O)C1. The topological polar surface area (TPSA) is 57.6 Å². The van der Waals surface area contributed by atoms with Crippen LogP contribution < -0.4 is 0 Å². The summed E-state index contributed by atoms with van der Waals surface area (Å²) in [5, 5.41) is 8.70. The molecule has 110 valence electrons. The maximum absolute atomic E-state index is 12.0. The van der Waals surface area contributed by atoms with Crippen molar-refractivity contribution in [1.29, 1.82) is 0 Å². The Kier molecular flexibility index (Phi) is 7.94. The maximum atomic E-state index is 12.0. The average Bonchev–Trinajstić information content (AvgIpc) is 2.41. The summed E-state index contributed by atoms with van der Waals surface area (Å²) in [6.07, 6.45) is 5.32. The second-order valence-corrected chi connectivity index (χ2v) is 6.29. The minimum Gasteiger partial charge on any atom is -0.481 e. The molecule has 1 aliphatic heterocycles. The molecule has 0 aliphatic carbocycles. The summed E-state index contributed by atoms with van der Waals surface area (Å²) in [6.45, 7) is 3.75. The van der Waals surface area contributed by atoms with Crippen molar-refractivity contribution in [3.05, 3.63) is 0 Å². The highest BCUT2D eigenvalue weighted by Crippen LogP contribution is 2.21. The van der Waals surface area contributed by atoms with Crippen LogP contribution in [0, 0.1) is 5.92 Å². The summed E-state index contributed by atoms with van der Waals surface area (Å²) >= 11 is 1.71. The molecule has 0 spiro atoms. The van der Waals surface area contributed by atoms with Crippen LogP contribution in [0.25, 0.3) is 0 Å². The fourth-order valence-electron chi connectivity index (χ4n) is 2.35. The molecule has 1 amide bonds. The molecule has 0 saturated carbocycles. The van der Waals surface area contributed by atoms with Gasteiger partial charge in [-0.3, -0.25) is 9.59 Å². The lowest BCUT2D eigenvalue weighted by atomic mass is 9.93. The number of nitrogens with zero attached hydrogens (tertiary/aromatic N) is 1. The molecule has 0 aromatic rings. The van der Waals surface area contributed by atoms with Gasteiger partial charge in [0.1, 0.15) is 0 Å². The number of hydrogen-bond acceptors (Lipinski definition) is 3. The first-order valence-electron chi connectivity index (χ1n) is 7.20. The van der Waals surface area contributed by atoms with Gasteiger partial charge in [0.25, 0.3) is 0 Å². The molecular weight excluding hydrogens is 262 g/mol. The number of rotatable bonds is 8. The van der Waals surface area contributed by atoms with E-state index in [9.17, 15) is 9.59 Å². The van der Waals surface area contributed by atoms with Gasteiger partial charge in [0.2, 0.25) is 5.91 Å². The third-order valence-corrected chi connectivity index (χ3v) is 4.53. The van der Waals surface area contributed by atoms with Crippen LogP contribution in [0.2, 0.25) is 0 Å². The molecule has 1 saturated heterocycles. The maximum Gasteiger partial charge on any atom is 0.303 e. The number of unbranched alkanes of at least 4 members (excludes halogenated alkanes) is 1. The zero-order valence-electron chi connectivity index (χ0n) is 11.8. The molecule has 1 rings (SSSR count).